The molecule has 3 aliphatic heterocycles. The van der Waals surface area contributed by atoms with E-state index in [9.17, 15) is 4.39 Å². The van der Waals surface area contributed by atoms with Gasteiger partial charge in [0.25, 0.3) is 0 Å². The van der Waals surface area contributed by atoms with Crippen LogP contribution in [-0.4, -0.2) is 44.2 Å². The van der Waals surface area contributed by atoms with Crippen LogP contribution in [0.3, 0.4) is 0 Å². The Morgan fingerprint density at radius 2 is 2.13 bits per heavy atom. The molecule has 2 unspecified atom stereocenters. The molecule has 3 rings (SSSR count). The lowest BCUT2D eigenvalue weighted by Gasteiger charge is -2.47. The SMILES string of the molecule is FC1(C2CCOC3(CCOC3)C2)CNC1. The lowest BCUT2D eigenvalue weighted by atomic mass is 9.74. The predicted molar refractivity (Wildman–Crippen MR) is 53.6 cm³/mol. The van der Waals surface area contributed by atoms with Crippen molar-refractivity contribution >= 4 is 0 Å². The molecule has 15 heavy (non-hydrogen) atoms. The lowest BCUT2D eigenvalue weighted by Crippen LogP contribution is -2.63. The Labute approximate surface area is 89.3 Å². The summed E-state index contributed by atoms with van der Waals surface area (Å²) in [5, 5.41) is 3.03. The molecule has 0 aromatic rings. The molecule has 2 atom stereocenters. The predicted octanol–water partition coefficient (Wildman–Crippen LogP) is 0.884. The van der Waals surface area contributed by atoms with Gasteiger partial charge in [-0.3, -0.25) is 0 Å². The van der Waals surface area contributed by atoms with Crippen LogP contribution < -0.4 is 5.32 Å². The average Bonchev–Trinajstić information content (AvgIpc) is 2.63. The van der Waals surface area contributed by atoms with Crippen LogP contribution in [0, 0.1) is 5.92 Å². The monoisotopic (exact) mass is 215 g/mol. The van der Waals surface area contributed by atoms with Crippen molar-refractivity contribution in [2.24, 2.45) is 5.92 Å². The van der Waals surface area contributed by atoms with Gasteiger partial charge in [0, 0.05) is 38.6 Å². The molecule has 0 aromatic carbocycles. The van der Waals surface area contributed by atoms with Crippen molar-refractivity contribution in [3.63, 3.8) is 0 Å². The van der Waals surface area contributed by atoms with Gasteiger partial charge in [-0.25, -0.2) is 4.39 Å². The molecule has 1 spiro atoms. The first kappa shape index (κ1) is 10.00. The second-order valence-corrected chi connectivity index (χ2v) is 5.16. The van der Waals surface area contributed by atoms with Crippen molar-refractivity contribution in [2.75, 3.05) is 32.9 Å². The summed E-state index contributed by atoms with van der Waals surface area (Å²) in [5.74, 6) is 0.161. The molecule has 3 fully saturated rings. The minimum absolute atomic E-state index is 0.155. The molecule has 0 saturated carbocycles. The Balaban J connectivity index is 1.70. The van der Waals surface area contributed by atoms with Gasteiger partial charge in [-0.05, 0) is 12.8 Å². The van der Waals surface area contributed by atoms with E-state index in [0.29, 0.717) is 26.3 Å². The maximum atomic E-state index is 14.3. The molecule has 0 radical (unpaired) electrons. The normalized spacial score (nSPS) is 44.2. The summed E-state index contributed by atoms with van der Waals surface area (Å²) in [6, 6.07) is 0. The highest BCUT2D eigenvalue weighted by Crippen LogP contribution is 2.42. The molecule has 3 nitrogen and oxygen atoms in total. The third-order valence-corrected chi connectivity index (χ3v) is 4.13. The van der Waals surface area contributed by atoms with Crippen LogP contribution in [-0.2, 0) is 9.47 Å². The van der Waals surface area contributed by atoms with Gasteiger partial charge < -0.3 is 14.8 Å². The zero-order valence-corrected chi connectivity index (χ0v) is 8.93. The van der Waals surface area contributed by atoms with E-state index in [1.165, 1.54) is 0 Å². The van der Waals surface area contributed by atoms with Gasteiger partial charge in [0.15, 0.2) is 0 Å². The number of hydrogen-bond acceptors (Lipinski definition) is 3. The zero-order chi connectivity index (χ0) is 10.4. The van der Waals surface area contributed by atoms with Crippen molar-refractivity contribution < 1.29 is 13.9 Å². The van der Waals surface area contributed by atoms with Gasteiger partial charge in [0.1, 0.15) is 5.67 Å². The maximum Gasteiger partial charge on any atom is 0.138 e. The second kappa shape index (κ2) is 3.40. The topological polar surface area (TPSA) is 30.5 Å². The van der Waals surface area contributed by atoms with Gasteiger partial charge in [0.2, 0.25) is 0 Å². The van der Waals surface area contributed by atoms with Crippen molar-refractivity contribution in [3.8, 4) is 0 Å². The first-order chi connectivity index (χ1) is 7.23. The van der Waals surface area contributed by atoms with Gasteiger partial charge in [-0.1, -0.05) is 0 Å². The molecule has 0 bridgehead atoms. The fraction of sp³-hybridized carbons (Fsp3) is 1.00. The van der Waals surface area contributed by atoms with E-state index in [4.69, 9.17) is 9.47 Å². The minimum atomic E-state index is -0.973. The Kier molecular flexibility index (Phi) is 2.27. The summed E-state index contributed by atoms with van der Waals surface area (Å²) >= 11 is 0. The van der Waals surface area contributed by atoms with E-state index in [0.717, 1.165) is 25.9 Å². The lowest BCUT2D eigenvalue weighted by molar-refractivity contribution is -0.133. The van der Waals surface area contributed by atoms with Crippen LogP contribution in [0.1, 0.15) is 19.3 Å². The molecular weight excluding hydrogens is 197 g/mol. The Morgan fingerprint density at radius 1 is 1.27 bits per heavy atom. The summed E-state index contributed by atoms with van der Waals surface area (Å²) in [6.07, 6.45) is 2.64. The average molecular weight is 215 g/mol. The second-order valence-electron chi connectivity index (χ2n) is 5.16. The molecule has 1 N–H and O–H groups in total. The van der Waals surface area contributed by atoms with Gasteiger partial charge in [-0.2, -0.15) is 0 Å². The van der Waals surface area contributed by atoms with Gasteiger partial charge in [-0.15, -0.1) is 0 Å². The van der Waals surface area contributed by atoms with Crippen LogP contribution in [0.2, 0.25) is 0 Å². The van der Waals surface area contributed by atoms with Crippen LogP contribution in [0.15, 0.2) is 0 Å². The summed E-state index contributed by atoms with van der Waals surface area (Å²) in [7, 11) is 0. The minimum Gasteiger partial charge on any atom is -0.378 e. The summed E-state index contributed by atoms with van der Waals surface area (Å²) in [6.45, 7) is 3.17. The maximum absolute atomic E-state index is 14.3. The van der Waals surface area contributed by atoms with Crippen LogP contribution in [0.4, 0.5) is 4.39 Å². The Bertz CT molecular complexity index is 249. The molecule has 86 valence electrons. The van der Waals surface area contributed by atoms with Crippen LogP contribution in [0.25, 0.3) is 0 Å². The van der Waals surface area contributed by atoms with E-state index >= 15 is 0 Å². The van der Waals surface area contributed by atoms with E-state index in [1.807, 2.05) is 0 Å². The van der Waals surface area contributed by atoms with Gasteiger partial charge >= 0.3 is 0 Å². The van der Waals surface area contributed by atoms with E-state index < -0.39 is 5.67 Å². The number of halogens is 1. The molecular formula is C11H18FNO2. The van der Waals surface area contributed by atoms with Gasteiger partial charge in [0.05, 0.1) is 12.2 Å². The summed E-state index contributed by atoms with van der Waals surface area (Å²) in [4.78, 5) is 0. The summed E-state index contributed by atoms with van der Waals surface area (Å²) < 4.78 is 25.5. The fourth-order valence-corrected chi connectivity index (χ4v) is 2.99. The molecule has 3 heterocycles. The van der Waals surface area contributed by atoms with Crippen LogP contribution >= 0.6 is 0 Å². The Hall–Kier alpha value is -0.190. The standard InChI is InChI=1S/C11H18FNO2/c12-11(6-13-7-11)9-1-3-15-10(5-9)2-4-14-8-10/h9,13H,1-8H2. The van der Waals surface area contributed by atoms with Crippen molar-refractivity contribution in [1.29, 1.82) is 0 Å². The molecule has 0 aromatic heterocycles. The van der Waals surface area contributed by atoms with Crippen molar-refractivity contribution in [3.05, 3.63) is 0 Å². The van der Waals surface area contributed by atoms with Crippen LogP contribution in [0.5, 0.6) is 0 Å². The molecule has 3 saturated heterocycles. The fourth-order valence-electron chi connectivity index (χ4n) is 2.99. The van der Waals surface area contributed by atoms with E-state index in [2.05, 4.69) is 5.32 Å². The highest BCUT2D eigenvalue weighted by molar-refractivity contribution is 5.03. The van der Waals surface area contributed by atoms with Crippen molar-refractivity contribution in [1.82, 2.24) is 5.32 Å². The molecule has 0 amide bonds. The largest absolute Gasteiger partial charge is 0.378 e. The quantitative estimate of drug-likeness (QED) is 0.704. The molecule has 0 aliphatic carbocycles. The number of rotatable bonds is 1. The first-order valence-electron chi connectivity index (χ1n) is 5.84. The van der Waals surface area contributed by atoms with E-state index in [-0.39, 0.29) is 11.5 Å². The smallest absolute Gasteiger partial charge is 0.138 e. The highest BCUT2D eigenvalue weighted by atomic mass is 19.1. The number of alkyl halides is 1. The zero-order valence-electron chi connectivity index (χ0n) is 8.93. The van der Waals surface area contributed by atoms with Crippen molar-refractivity contribution in [2.45, 2.75) is 30.5 Å². The summed E-state index contributed by atoms with van der Waals surface area (Å²) in [5.41, 5.74) is -1.13. The molecule has 4 heteroatoms. The highest BCUT2D eigenvalue weighted by Gasteiger charge is 2.51. The first-order valence-corrected chi connectivity index (χ1v) is 5.84. The Morgan fingerprint density at radius 3 is 2.73 bits per heavy atom. The number of hydrogen-bond donors (Lipinski definition) is 1. The molecule has 3 aliphatic rings. The third-order valence-electron chi connectivity index (χ3n) is 4.13. The number of nitrogens with one attached hydrogen (secondary N) is 1. The number of ether oxygens (including phenoxy) is 2. The third kappa shape index (κ3) is 1.59. The van der Waals surface area contributed by atoms with E-state index in [1.54, 1.807) is 0 Å².